The van der Waals surface area contributed by atoms with Gasteiger partial charge in [-0.3, -0.25) is 14.5 Å². The zero-order valence-corrected chi connectivity index (χ0v) is 18.5. The molecule has 1 saturated heterocycles. The fourth-order valence-electron chi connectivity index (χ4n) is 3.94. The minimum Gasteiger partial charge on any atom is -0.369 e. The number of carbonyl (C=O) groups is 2. The average Bonchev–Trinajstić information content (AvgIpc) is 2.78. The van der Waals surface area contributed by atoms with Crippen molar-refractivity contribution in [3.8, 4) is 0 Å². The van der Waals surface area contributed by atoms with E-state index in [1.54, 1.807) is 6.92 Å². The number of hydrogen-bond donors (Lipinski definition) is 1. The molecule has 1 N–H and O–H groups in total. The summed E-state index contributed by atoms with van der Waals surface area (Å²) in [4.78, 5) is 28.9. The van der Waals surface area contributed by atoms with Crippen LogP contribution in [0.3, 0.4) is 0 Å². The van der Waals surface area contributed by atoms with Crippen molar-refractivity contribution >= 4 is 23.1 Å². The second-order valence-corrected chi connectivity index (χ2v) is 8.19. The van der Waals surface area contributed by atoms with Crippen LogP contribution in [0.5, 0.6) is 0 Å². The molecular weight excluding hydrogens is 374 g/mol. The normalized spacial score (nSPS) is 16.7. The van der Waals surface area contributed by atoms with Crippen LogP contribution in [-0.4, -0.2) is 48.8 Å². The highest BCUT2D eigenvalue weighted by molar-refractivity contribution is 5.95. The van der Waals surface area contributed by atoms with Crippen molar-refractivity contribution < 1.29 is 9.59 Å². The summed E-state index contributed by atoms with van der Waals surface area (Å²) in [6, 6.07) is 15.7. The summed E-state index contributed by atoms with van der Waals surface area (Å²) in [6.45, 7) is 11.3. The number of para-hydroxylation sites is 1. The fourth-order valence-corrected chi connectivity index (χ4v) is 3.94. The van der Waals surface area contributed by atoms with E-state index in [4.69, 9.17) is 0 Å². The minimum absolute atomic E-state index is 0.0463. The van der Waals surface area contributed by atoms with E-state index in [1.165, 1.54) is 5.56 Å². The Labute approximate surface area is 180 Å². The molecule has 0 aromatic heterocycles. The molecule has 2 atom stereocenters. The second kappa shape index (κ2) is 9.90. The number of ketones is 1. The van der Waals surface area contributed by atoms with E-state index in [0.29, 0.717) is 5.92 Å². The first-order valence-electron chi connectivity index (χ1n) is 10.9. The largest absolute Gasteiger partial charge is 0.369 e. The molecule has 1 amide bonds. The molecule has 1 aliphatic heterocycles. The van der Waals surface area contributed by atoms with Gasteiger partial charge in [-0.05, 0) is 62.1 Å². The molecule has 2 aromatic rings. The van der Waals surface area contributed by atoms with Gasteiger partial charge in [-0.2, -0.15) is 0 Å². The molecule has 1 aliphatic rings. The maximum absolute atomic E-state index is 12.9. The number of piperazine rings is 1. The smallest absolute Gasteiger partial charge is 0.241 e. The summed E-state index contributed by atoms with van der Waals surface area (Å²) >= 11 is 0. The molecule has 160 valence electrons. The van der Waals surface area contributed by atoms with Gasteiger partial charge in [0.15, 0.2) is 5.78 Å². The third kappa shape index (κ3) is 5.08. The molecule has 5 nitrogen and oxygen atoms in total. The molecule has 5 heteroatoms. The molecule has 0 unspecified atom stereocenters. The summed E-state index contributed by atoms with van der Waals surface area (Å²) in [5, 5.41) is 3.16. The van der Waals surface area contributed by atoms with Gasteiger partial charge in [0.05, 0.1) is 6.04 Å². The van der Waals surface area contributed by atoms with Gasteiger partial charge >= 0.3 is 0 Å². The van der Waals surface area contributed by atoms with Crippen LogP contribution in [0.4, 0.5) is 11.4 Å². The van der Waals surface area contributed by atoms with E-state index in [2.05, 4.69) is 35.0 Å². The van der Waals surface area contributed by atoms with Crippen molar-refractivity contribution in [2.75, 3.05) is 36.4 Å². The Bertz CT molecular complexity index is 870. The van der Waals surface area contributed by atoms with Gasteiger partial charge in [0.2, 0.25) is 5.91 Å². The molecule has 30 heavy (non-hydrogen) atoms. The van der Waals surface area contributed by atoms with Crippen LogP contribution in [0, 0.1) is 0 Å². The van der Waals surface area contributed by atoms with Gasteiger partial charge in [0, 0.05) is 43.1 Å². The zero-order valence-electron chi connectivity index (χ0n) is 18.5. The van der Waals surface area contributed by atoms with Crippen LogP contribution in [0.15, 0.2) is 48.5 Å². The molecule has 1 heterocycles. The van der Waals surface area contributed by atoms with Crippen molar-refractivity contribution in [2.24, 2.45) is 0 Å². The maximum atomic E-state index is 12.9. The lowest BCUT2D eigenvalue weighted by molar-refractivity contribution is -0.120. The van der Waals surface area contributed by atoms with E-state index in [-0.39, 0.29) is 17.7 Å². The Morgan fingerprint density at radius 2 is 1.60 bits per heavy atom. The zero-order chi connectivity index (χ0) is 21.7. The number of amides is 1. The van der Waals surface area contributed by atoms with Gasteiger partial charge in [-0.1, -0.05) is 32.0 Å². The molecule has 0 bridgehead atoms. The first-order valence-corrected chi connectivity index (χ1v) is 10.9. The molecule has 1 fully saturated rings. The molecule has 0 saturated carbocycles. The number of Topliss-reactive ketones (excluding diaryl/α,β-unsaturated/α-hetero) is 1. The molecule has 2 aromatic carbocycles. The summed E-state index contributed by atoms with van der Waals surface area (Å²) in [5.41, 5.74) is 3.98. The summed E-state index contributed by atoms with van der Waals surface area (Å²) in [7, 11) is 0. The topological polar surface area (TPSA) is 52.7 Å². The van der Waals surface area contributed by atoms with Crippen molar-refractivity contribution in [3.63, 3.8) is 0 Å². The van der Waals surface area contributed by atoms with Crippen LogP contribution in [0.25, 0.3) is 0 Å². The molecule has 3 rings (SSSR count). The van der Waals surface area contributed by atoms with Crippen LogP contribution >= 0.6 is 0 Å². The predicted octanol–water partition coefficient (Wildman–Crippen LogP) is 4.55. The van der Waals surface area contributed by atoms with Crippen molar-refractivity contribution in [1.82, 2.24) is 4.90 Å². The van der Waals surface area contributed by atoms with Gasteiger partial charge in [0.25, 0.3) is 0 Å². The van der Waals surface area contributed by atoms with Crippen LogP contribution < -0.4 is 10.2 Å². The number of hydrogen-bond acceptors (Lipinski definition) is 4. The predicted molar refractivity (Wildman–Crippen MR) is 123 cm³/mol. The monoisotopic (exact) mass is 407 g/mol. The van der Waals surface area contributed by atoms with E-state index >= 15 is 0 Å². The maximum Gasteiger partial charge on any atom is 0.241 e. The number of benzene rings is 2. The standard InChI is InChI=1S/C25H33N3O2/c1-5-18(2)23-8-6-7-9-24(23)26-25(30)19(3)27-14-16-28(17-15-27)22-12-10-21(11-13-22)20(4)29/h6-13,18-19H,5,14-17H2,1-4H3,(H,26,30)/t18-,19-/m0/s1. The van der Waals surface area contributed by atoms with Crippen LogP contribution in [0.1, 0.15) is 56.0 Å². The Morgan fingerprint density at radius 3 is 2.20 bits per heavy atom. The van der Waals surface area contributed by atoms with Gasteiger partial charge in [-0.25, -0.2) is 0 Å². The summed E-state index contributed by atoms with van der Waals surface area (Å²) in [5.74, 6) is 0.542. The van der Waals surface area contributed by atoms with E-state index in [0.717, 1.165) is 49.5 Å². The third-order valence-corrected chi connectivity index (χ3v) is 6.24. The lowest BCUT2D eigenvalue weighted by Crippen LogP contribution is -2.52. The Kier molecular flexibility index (Phi) is 7.27. The van der Waals surface area contributed by atoms with Gasteiger partial charge in [0.1, 0.15) is 0 Å². The Morgan fingerprint density at radius 1 is 0.967 bits per heavy atom. The SMILES string of the molecule is CC[C@H](C)c1ccccc1NC(=O)[C@H](C)N1CCN(c2ccc(C(C)=O)cc2)CC1. The number of carbonyl (C=O) groups excluding carboxylic acids is 2. The van der Waals surface area contributed by atoms with Crippen molar-refractivity contribution in [3.05, 3.63) is 59.7 Å². The molecule has 0 aliphatic carbocycles. The van der Waals surface area contributed by atoms with Gasteiger partial charge in [-0.15, -0.1) is 0 Å². The number of rotatable bonds is 7. The lowest BCUT2D eigenvalue weighted by atomic mass is 9.97. The quantitative estimate of drug-likeness (QED) is 0.684. The highest BCUT2D eigenvalue weighted by Gasteiger charge is 2.26. The lowest BCUT2D eigenvalue weighted by Gasteiger charge is -2.38. The Balaban J connectivity index is 1.58. The number of nitrogens with zero attached hydrogens (tertiary/aromatic N) is 2. The highest BCUT2D eigenvalue weighted by Crippen LogP contribution is 2.27. The second-order valence-electron chi connectivity index (χ2n) is 8.19. The minimum atomic E-state index is -0.183. The summed E-state index contributed by atoms with van der Waals surface area (Å²) < 4.78 is 0. The van der Waals surface area contributed by atoms with E-state index in [9.17, 15) is 9.59 Å². The Hall–Kier alpha value is -2.66. The number of anilines is 2. The molecule has 0 radical (unpaired) electrons. The first kappa shape index (κ1) is 22.0. The van der Waals surface area contributed by atoms with E-state index in [1.807, 2.05) is 49.4 Å². The van der Waals surface area contributed by atoms with Crippen molar-refractivity contribution in [2.45, 2.75) is 46.1 Å². The molecule has 0 spiro atoms. The van der Waals surface area contributed by atoms with Crippen LogP contribution in [0.2, 0.25) is 0 Å². The van der Waals surface area contributed by atoms with E-state index < -0.39 is 0 Å². The molecular formula is C25H33N3O2. The summed E-state index contributed by atoms with van der Waals surface area (Å²) in [6.07, 6.45) is 1.04. The van der Waals surface area contributed by atoms with Gasteiger partial charge < -0.3 is 10.2 Å². The average molecular weight is 408 g/mol. The fraction of sp³-hybridized carbons (Fsp3) is 0.440. The third-order valence-electron chi connectivity index (χ3n) is 6.24. The first-order chi connectivity index (χ1) is 14.4. The van der Waals surface area contributed by atoms with Crippen LogP contribution in [-0.2, 0) is 4.79 Å². The van der Waals surface area contributed by atoms with Crippen molar-refractivity contribution in [1.29, 1.82) is 0 Å². The highest BCUT2D eigenvalue weighted by atomic mass is 16.2. The number of nitrogens with one attached hydrogen (secondary N) is 1.